The van der Waals surface area contributed by atoms with E-state index in [1.165, 1.54) is 11.3 Å². The summed E-state index contributed by atoms with van der Waals surface area (Å²) in [5.41, 5.74) is -0.794. The van der Waals surface area contributed by atoms with Crippen LogP contribution in [0.4, 0.5) is 4.79 Å². The van der Waals surface area contributed by atoms with Crippen LogP contribution in [-0.4, -0.2) is 5.43 Å². The van der Waals surface area contributed by atoms with Gasteiger partial charge in [-0.05, 0) is 13.0 Å². The molecule has 0 bridgehead atoms. The highest BCUT2D eigenvalue weighted by atomic mass is 35.5. The average Bonchev–Trinajstić information content (AvgIpc) is 2.13. The molecular formula is C6H5ClO2S. The van der Waals surface area contributed by atoms with Crippen LogP contribution in [-0.2, 0) is 0 Å². The molecule has 0 aliphatic rings. The molecule has 1 rings (SSSR count). The molecule has 1 aromatic rings. The lowest BCUT2D eigenvalue weighted by atomic mass is 10.5. The Kier molecular flexibility index (Phi) is 2.29. The molecular weight excluding hydrogens is 172 g/mol. The topological polar surface area (TPSA) is 26.3 Å². The highest BCUT2D eigenvalue weighted by Crippen LogP contribution is 2.20. The smallest absolute Gasteiger partial charge is 0.409 e. The fraction of sp³-hybridized carbons (Fsp3) is 0.167. The summed E-state index contributed by atoms with van der Waals surface area (Å²) in [6.07, 6.45) is 0. The van der Waals surface area contributed by atoms with Gasteiger partial charge in [-0.2, -0.15) is 0 Å². The summed E-state index contributed by atoms with van der Waals surface area (Å²) < 4.78 is 4.57. The highest BCUT2D eigenvalue weighted by molar-refractivity contribution is 7.10. The van der Waals surface area contributed by atoms with Crippen LogP contribution >= 0.6 is 22.9 Å². The maximum atomic E-state index is 10.2. The van der Waals surface area contributed by atoms with Crippen molar-refractivity contribution < 1.29 is 9.53 Å². The Morgan fingerprint density at radius 1 is 1.80 bits per heavy atom. The van der Waals surface area contributed by atoms with Crippen molar-refractivity contribution in [2.75, 3.05) is 0 Å². The first-order valence-corrected chi connectivity index (χ1v) is 3.86. The minimum absolute atomic E-state index is 0.516. The van der Waals surface area contributed by atoms with E-state index in [4.69, 9.17) is 11.6 Å². The third-order valence-corrected chi connectivity index (χ3v) is 1.82. The van der Waals surface area contributed by atoms with Gasteiger partial charge >= 0.3 is 5.43 Å². The predicted molar refractivity (Wildman–Crippen MR) is 40.9 cm³/mol. The standard InChI is InChI=1S/C6H5ClO2S/c1-4-2-5(3-10-4)9-6(7)8/h2-3H,1H3. The van der Waals surface area contributed by atoms with Gasteiger partial charge in [0.1, 0.15) is 5.75 Å². The number of hydrogen-bond acceptors (Lipinski definition) is 3. The summed E-state index contributed by atoms with van der Waals surface area (Å²) in [6, 6.07) is 1.75. The van der Waals surface area contributed by atoms with Crippen molar-refractivity contribution >= 4 is 28.4 Å². The maximum absolute atomic E-state index is 10.2. The van der Waals surface area contributed by atoms with Gasteiger partial charge in [-0.3, -0.25) is 0 Å². The van der Waals surface area contributed by atoms with E-state index in [-0.39, 0.29) is 0 Å². The molecule has 0 saturated carbocycles. The fourth-order valence-electron chi connectivity index (χ4n) is 0.566. The number of ether oxygens (including phenoxy) is 1. The molecule has 0 atom stereocenters. The van der Waals surface area contributed by atoms with E-state index in [0.29, 0.717) is 5.75 Å². The Balaban J connectivity index is 2.67. The lowest BCUT2D eigenvalue weighted by Gasteiger charge is -1.90. The van der Waals surface area contributed by atoms with Gasteiger partial charge in [-0.1, -0.05) is 0 Å². The van der Waals surface area contributed by atoms with Gasteiger partial charge in [-0.15, -0.1) is 11.3 Å². The SMILES string of the molecule is Cc1cc(OC(=O)Cl)cs1. The molecule has 0 radical (unpaired) electrons. The van der Waals surface area contributed by atoms with Gasteiger partial charge in [0.05, 0.1) is 0 Å². The molecule has 0 spiro atoms. The molecule has 0 aliphatic carbocycles. The second-order valence-electron chi connectivity index (χ2n) is 1.73. The fourth-order valence-corrected chi connectivity index (χ4v) is 1.26. The summed E-state index contributed by atoms with van der Waals surface area (Å²) in [6.45, 7) is 1.93. The van der Waals surface area contributed by atoms with Crippen LogP contribution in [0.25, 0.3) is 0 Å². The van der Waals surface area contributed by atoms with Gasteiger partial charge in [0, 0.05) is 21.9 Å². The first-order valence-electron chi connectivity index (χ1n) is 2.61. The van der Waals surface area contributed by atoms with Crippen molar-refractivity contribution in [1.82, 2.24) is 0 Å². The monoisotopic (exact) mass is 176 g/mol. The Bertz CT molecular complexity index is 244. The van der Waals surface area contributed by atoms with Crippen molar-refractivity contribution in [3.8, 4) is 5.75 Å². The Morgan fingerprint density at radius 3 is 2.90 bits per heavy atom. The Hall–Kier alpha value is -0.540. The third kappa shape index (κ3) is 2.01. The number of halogens is 1. The molecule has 0 N–H and O–H groups in total. The maximum Gasteiger partial charge on any atom is 0.409 e. The summed E-state index contributed by atoms with van der Waals surface area (Å²) in [5.74, 6) is 0.516. The van der Waals surface area contributed by atoms with Crippen LogP contribution in [0, 0.1) is 6.92 Å². The lowest BCUT2D eigenvalue weighted by Crippen LogP contribution is -1.93. The van der Waals surface area contributed by atoms with Crippen LogP contribution in [0.5, 0.6) is 5.75 Å². The molecule has 54 valence electrons. The molecule has 10 heavy (non-hydrogen) atoms. The van der Waals surface area contributed by atoms with Crippen LogP contribution in [0.2, 0.25) is 0 Å². The van der Waals surface area contributed by atoms with E-state index in [2.05, 4.69) is 4.74 Å². The summed E-state index contributed by atoms with van der Waals surface area (Å²) in [4.78, 5) is 11.3. The van der Waals surface area contributed by atoms with E-state index in [1.54, 1.807) is 11.4 Å². The second kappa shape index (κ2) is 3.03. The summed E-state index contributed by atoms with van der Waals surface area (Å²) in [5, 5.41) is 1.73. The quantitative estimate of drug-likeness (QED) is 0.615. The molecule has 0 fully saturated rings. The van der Waals surface area contributed by atoms with Crippen molar-refractivity contribution in [2.24, 2.45) is 0 Å². The van der Waals surface area contributed by atoms with Gasteiger partial charge in [0.2, 0.25) is 0 Å². The number of rotatable bonds is 1. The molecule has 0 aliphatic heterocycles. The molecule has 1 heterocycles. The minimum Gasteiger partial charge on any atom is -0.414 e. The number of aryl methyl sites for hydroxylation is 1. The zero-order valence-corrected chi connectivity index (χ0v) is 6.83. The molecule has 2 nitrogen and oxygen atoms in total. The van der Waals surface area contributed by atoms with Crippen molar-refractivity contribution in [1.29, 1.82) is 0 Å². The van der Waals surface area contributed by atoms with Gasteiger partial charge in [0.15, 0.2) is 0 Å². The zero-order chi connectivity index (χ0) is 7.56. The number of carbonyl (C=O) groups excluding carboxylic acids is 1. The first-order chi connectivity index (χ1) is 4.68. The van der Waals surface area contributed by atoms with Crippen molar-refractivity contribution in [3.05, 3.63) is 16.3 Å². The zero-order valence-electron chi connectivity index (χ0n) is 5.26. The highest BCUT2D eigenvalue weighted by Gasteiger charge is 2.00. The van der Waals surface area contributed by atoms with Crippen LogP contribution in [0.15, 0.2) is 11.4 Å². The first kappa shape index (κ1) is 7.57. The summed E-state index contributed by atoms with van der Waals surface area (Å²) in [7, 11) is 0. The second-order valence-corrected chi connectivity index (χ2v) is 3.16. The number of thiophene rings is 1. The molecule has 4 heteroatoms. The predicted octanol–water partition coefficient (Wildman–Crippen LogP) is 2.79. The van der Waals surface area contributed by atoms with Gasteiger partial charge in [-0.25, -0.2) is 4.79 Å². The van der Waals surface area contributed by atoms with E-state index in [1.807, 2.05) is 6.92 Å². The molecule has 0 aromatic carbocycles. The van der Waals surface area contributed by atoms with Crippen LogP contribution < -0.4 is 4.74 Å². The Morgan fingerprint density at radius 2 is 2.50 bits per heavy atom. The summed E-state index contributed by atoms with van der Waals surface area (Å²) >= 11 is 6.48. The third-order valence-electron chi connectivity index (χ3n) is 0.905. The van der Waals surface area contributed by atoms with Crippen molar-refractivity contribution in [3.63, 3.8) is 0 Å². The average molecular weight is 177 g/mol. The van der Waals surface area contributed by atoms with Crippen molar-refractivity contribution in [2.45, 2.75) is 6.92 Å². The molecule has 0 saturated heterocycles. The molecule has 0 unspecified atom stereocenters. The number of hydrogen-bond donors (Lipinski definition) is 0. The van der Waals surface area contributed by atoms with E-state index < -0.39 is 5.43 Å². The molecule has 1 aromatic heterocycles. The van der Waals surface area contributed by atoms with E-state index in [9.17, 15) is 4.79 Å². The van der Waals surface area contributed by atoms with E-state index >= 15 is 0 Å². The number of carbonyl (C=O) groups is 1. The van der Waals surface area contributed by atoms with E-state index in [0.717, 1.165) is 4.88 Å². The normalized spacial score (nSPS) is 9.40. The van der Waals surface area contributed by atoms with Crippen LogP contribution in [0.3, 0.4) is 0 Å². The lowest BCUT2D eigenvalue weighted by molar-refractivity contribution is 0.226. The largest absolute Gasteiger partial charge is 0.414 e. The molecule has 0 amide bonds. The van der Waals surface area contributed by atoms with Crippen LogP contribution in [0.1, 0.15) is 4.88 Å². The van der Waals surface area contributed by atoms with Gasteiger partial charge in [0.25, 0.3) is 0 Å². The van der Waals surface area contributed by atoms with Gasteiger partial charge < -0.3 is 4.74 Å². The Labute approximate surface area is 67.4 Å². The minimum atomic E-state index is -0.794.